The van der Waals surface area contributed by atoms with Crippen molar-refractivity contribution in [2.24, 2.45) is 5.41 Å². The molecular weight excluding hydrogens is 402 g/mol. The first-order valence-electron chi connectivity index (χ1n) is 10.9. The van der Waals surface area contributed by atoms with Crippen LogP contribution in [0.5, 0.6) is 0 Å². The molecule has 0 radical (unpaired) electrons. The van der Waals surface area contributed by atoms with Crippen LogP contribution < -0.4 is 5.32 Å². The highest BCUT2D eigenvalue weighted by molar-refractivity contribution is 7.80. The van der Waals surface area contributed by atoms with Crippen molar-refractivity contribution >= 4 is 28.9 Å². The maximum absolute atomic E-state index is 12.6. The molecule has 4 rings (SSSR count). The van der Waals surface area contributed by atoms with Crippen molar-refractivity contribution in [3.05, 3.63) is 65.2 Å². The lowest BCUT2D eigenvalue weighted by atomic mass is 9.78. The Morgan fingerprint density at radius 3 is 2.23 bits per heavy atom. The third-order valence-electron chi connectivity index (χ3n) is 6.40. The van der Waals surface area contributed by atoms with Crippen LogP contribution in [0.4, 0.5) is 5.69 Å². The fraction of sp³-hybridized carbons (Fsp3) is 0.385. The molecule has 4 nitrogen and oxygen atoms in total. The number of thiocarbonyl (C=S) groups is 1. The molecule has 160 valence electrons. The number of hydrogen-bond acceptors (Lipinski definition) is 2. The number of nitrogens with one attached hydrogen (secondary N) is 1. The van der Waals surface area contributed by atoms with Crippen LogP contribution in [0.1, 0.15) is 36.0 Å². The first-order valence-corrected chi connectivity index (χ1v) is 11.3. The second-order valence-electron chi connectivity index (χ2n) is 8.89. The number of likely N-dealkylation sites (tertiary alicyclic amines) is 2. The summed E-state index contributed by atoms with van der Waals surface area (Å²) in [4.78, 5) is 16.8. The van der Waals surface area contributed by atoms with Gasteiger partial charge in [0, 0.05) is 43.4 Å². The highest BCUT2D eigenvalue weighted by Gasteiger charge is 2.42. The number of anilines is 1. The first-order chi connectivity index (χ1) is 14.9. The molecule has 2 aromatic rings. The Morgan fingerprint density at radius 2 is 1.58 bits per heavy atom. The summed E-state index contributed by atoms with van der Waals surface area (Å²) in [5, 5.41) is 4.20. The molecule has 0 atom stereocenters. The average Bonchev–Trinajstić information content (AvgIpc) is 3.16. The van der Waals surface area contributed by atoms with E-state index in [9.17, 15) is 4.79 Å². The topological polar surface area (TPSA) is 35.6 Å². The third-order valence-corrected chi connectivity index (χ3v) is 6.76. The van der Waals surface area contributed by atoms with Crippen molar-refractivity contribution in [2.75, 3.05) is 31.5 Å². The Kier molecular flexibility index (Phi) is 6.29. The number of aryl methyl sites for hydroxylation is 2. The van der Waals surface area contributed by atoms with E-state index < -0.39 is 0 Å². The van der Waals surface area contributed by atoms with E-state index in [0.717, 1.165) is 61.8 Å². The number of nitrogens with zero attached hydrogens (tertiary/aromatic N) is 2. The van der Waals surface area contributed by atoms with Gasteiger partial charge in [-0.15, -0.1) is 0 Å². The standard InChI is InChI=1S/C26H29N3OS/c1-20-16-21(2)18-23(17-20)27-25(31)28-13-10-26(11-14-28)12-15-29(19-26)24(30)9-8-22-6-4-3-5-7-22/h3-7,16-18H,10-15,19H2,1-2H3,(H,27,31). The van der Waals surface area contributed by atoms with E-state index in [1.807, 2.05) is 35.2 Å². The SMILES string of the molecule is Cc1cc(C)cc(NC(=S)N2CCC3(CCN(C(=O)C#Cc4ccccc4)C3)CC2)c1. The number of carbonyl (C=O) groups is 1. The summed E-state index contributed by atoms with van der Waals surface area (Å²) >= 11 is 5.68. The molecule has 2 aliphatic rings. The number of hydrogen-bond donors (Lipinski definition) is 1. The summed E-state index contributed by atoms with van der Waals surface area (Å²) in [5.74, 6) is 5.75. The van der Waals surface area contributed by atoms with Crippen molar-refractivity contribution in [1.29, 1.82) is 0 Å². The second kappa shape index (κ2) is 9.11. The fourth-order valence-electron chi connectivity index (χ4n) is 4.68. The number of carbonyl (C=O) groups excluding carboxylic acids is 1. The van der Waals surface area contributed by atoms with Crippen LogP contribution in [0.25, 0.3) is 0 Å². The summed E-state index contributed by atoms with van der Waals surface area (Å²) in [7, 11) is 0. The van der Waals surface area contributed by atoms with Crippen molar-refractivity contribution in [3.8, 4) is 11.8 Å². The Morgan fingerprint density at radius 1 is 0.968 bits per heavy atom. The molecule has 1 N–H and O–H groups in total. The van der Waals surface area contributed by atoms with Crippen LogP contribution in [0.3, 0.4) is 0 Å². The number of benzene rings is 2. The molecule has 2 saturated heterocycles. The van der Waals surface area contributed by atoms with E-state index >= 15 is 0 Å². The van der Waals surface area contributed by atoms with E-state index in [0.29, 0.717) is 0 Å². The maximum atomic E-state index is 12.6. The molecule has 0 saturated carbocycles. The van der Waals surface area contributed by atoms with Gasteiger partial charge >= 0.3 is 0 Å². The lowest BCUT2D eigenvalue weighted by Gasteiger charge is -2.40. The van der Waals surface area contributed by atoms with Gasteiger partial charge in [0.1, 0.15) is 0 Å². The highest BCUT2D eigenvalue weighted by atomic mass is 32.1. The van der Waals surface area contributed by atoms with Gasteiger partial charge in [-0.2, -0.15) is 0 Å². The minimum Gasteiger partial charge on any atom is -0.349 e. The third kappa shape index (κ3) is 5.26. The predicted octanol–water partition coefficient (Wildman–Crippen LogP) is 4.37. The Hall–Kier alpha value is -2.84. The largest absolute Gasteiger partial charge is 0.349 e. The van der Waals surface area contributed by atoms with Crippen molar-refractivity contribution in [3.63, 3.8) is 0 Å². The summed E-state index contributed by atoms with van der Waals surface area (Å²) in [5.41, 5.74) is 4.60. The molecule has 2 aliphatic heterocycles. The normalized spacial score (nSPS) is 17.2. The Balaban J connectivity index is 1.30. The lowest BCUT2D eigenvalue weighted by Crippen LogP contribution is -2.46. The zero-order chi connectivity index (χ0) is 21.8. The van der Waals surface area contributed by atoms with Crippen LogP contribution in [-0.2, 0) is 4.79 Å². The van der Waals surface area contributed by atoms with Gasteiger partial charge in [0.05, 0.1) is 0 Å². The van der Waals surface area contributed by atoms with E-state index in [4.69, 9.17) is 12.2 Å². The van der Waals surface area contributed by atoms with Gasteiger partial charge in [0.25, 0.3) is 5.91 Å². The molecule has 0 unspecified atom stereocenters. The van der Waals surface area contributed by atoms with E-state index in [1.165, 1.54) is 11.1 Å². The van der Waals surface area contributed by atoms with Crippen LogP contribution in [0, 0.1) is 31.1 Å². The zero-order valence-corrected chi connectivity index (χ0v) is 19.1. The minimum absolute atomic E-state index is 0.0600. The number of piperidine rings is 1. The highest BCUT2D eigenvalue weighted by Crippen LogP contribution is 2.40. The molecule has 1 amide bonds. The van der Waals surface area contributed by atoms with Gasteiger partial charge in [-0.1, -0.05) is 30.2 Å². The molecular formula is C26H29N3OS. The number of amides is 1. The smallest absolute Gasteiger partial charge is 0.298 e. The number of rotatable bonds is 1. The molecule has 31 heavy (non-hydrogen) atoms. The van der Waals surface area contributed by atoms with Gasteiger partial charge in [0.2, 0.25) is 0 Å². The van der Waals surface area contributed by atoms with E-state index in [-0.39, 0.29) is 11.3 Å². The molecule has 0 aromatic heterocycles. The first kappa shape index (κ1) is 21.4. The van der Waals surface area contributed by atoms with E-state index in [1.54, 1.807) is 0 Å². The molecule has 2 heterocycles. The Bertz CT molecular complexity index is 1010. The van der Waals surface area contributed by atoms with Crippen LogP contribution >= 0.6 is 12.2 Å². The molecule has 0 aliphatic carbocycles. The molecule has 1 spiro atoms. The van der Waals surface area contributed by atoms with Gasteiger partial charge in [-0.25, -0.2) is 0 Å². The summed E-state index contributed by atoms with van der Waals surface area (Å²) < 4.78 is 0. The zero-order valence-electron chi connectivity index (χ0n) is 18.3. The van der Waals surface area contributed by atoms with E-state index in [2.05, 4.69) is 54.1 Å². The molecule has 2 fully saturated rings. The summed E-state index contributed by atoms with van der Waals surface area (Å²) in [6, 6.07) is 16.1. The Labute approximate surface area is 190 Å². The maximum Gasteiger partial charge on any atom is 0.298 e. The van der Waals surface area contributed by atoms with Gasteiger partial charge in [0.15, 0.2) is 5.11 Å². The molecule has 5 heteroatoms. The van der Waals surface area contributed by atoms with Gasteiger partial charge in [-0.05, 0) is 86.1 Å². The predicted molar refractivity (Wildman–Crippen MR) is 130 cm³/mol. The van der Waals surface area contributed by atoms with Crippen molar-refractivity contribution < 1.29 is 4.79 Å². The van der Waals surface area contributed by atoms with Gasteiger partial charge in [-0.3, -0.25) is 4.79 Å². The van der Waals surface area contributed by atoms with Crippen molar-refractivity contribution in [1.82, 2.24) is 9.80 Å². The van der Waals surface area contributed by atoms with Crippen LogP contribution in [0.15, 0.2) is 48.5 Å². The molecule has 2 aromatic carbocycles. The quantitative estimate of drug-likeness (QED) is 0.537. The molecule has 0 bridgehead atoms. The average molecular weight is 432 g/mol. The van der Waals surface area contributed by atoms with Crippen LogP contribution in [-0.4, -0.2) is 47.0 Å². The van der Waals surface area contributed by atoms with Gasteiger partial charge < -0.3 is 15.1 Å². The summed E-state index contributed by atoms with van der Waals surface area (Å²) in [6.07, 6.45) is 3.16. The fourth-order valence-corrected chi connectivity index (χ4v) is 4.98. The minimum atomic E-state index is -0.0600. The van der Waals surface area contributed by atoms with Crippen LogP contribution in [0.2, 0.25) is 0 Å². The monoisotopic (exact) mass is 431 g/mol. The summed E-state index contributed by atoms with van der Waals surface area (Å²) in [6.45, 7) is 7.66. The second-order valence-corrected chi connectivity index (χ2v) is 9.27. The van der Waals surface area contributed by atoms with Crippen molar-refractivity contribution in [2.45, 2.75) is 33.1 Å². The lowest BCUT2D eigenvalue weighted by molar-refractivity contribution is -0.124.